The van der Waals surface area contributed by atoms with Crippen molar-refractivity contribution in [3.63, 3.8) is 0 Å². The van der Waals surface area contributed by atoms with Crippen LogP contribution in [-0.2, 0) is 0 Å². The van der Waals surface area contributed by atoms with Crippen LogP contribution in [0.2, 0.25) is 0 Å². The quantitative estimate of drug-likeness (QED) is 0.262. The second-order valence-electron chi connectivity index (χ2n) is 2.75. The van der Waals surface area contributed by atoms with E-state index in [1.807, 2.05) is 0 Å². The smallest absolute Gasteiger partial charge is 0.00474 e. The van der Waals surface area contributed by atoms with Crippen molar-refractivity contribution in [2.45, 2.75) is 39.0 Å². The van der Waals surface area contributed by atoms with Crippen molar-refractivity contribution in [3.8, 4) is 0 Å². The van der Waals surface area contributed by atoms with Gasteiger partial charge in [-0.25, -0.2) is 0 Å². The molecule has 0 N–H and O–H groups in total. The van der Waals surface area contributed by atoms with Crippen LogP contribution < -0.4 is 0 Å². The maximum atomic E-state index is 8.21. The maximum Gasteiger partial charge on any atom is 0.00474 e. The highest BCUT2D eigenvalue weighted by Gasteiger charge is 2.13. The third kappa shape index (κ3) is 3.05. The van der Waals surface area contributed by atoms with Crippen molar-refractivity contribution in [1.82, 2.24) is 0 Å². The van der Waals surface area contributed by atoms with Gasteiger partial charge in [0, 0.05) is 4.91 Å². The molecule has 0 spiro atoms. The molecule has 0 unspecified atom stereocenters. The Bertz CT molecular complexity index is 130. The third-order valence-electron chi connectivity index (χ3n) is 1.20. The van der Waals surface area contributed by atoms with Gasteiger partial charge in [-0.1, -0.05) is 32.6 Å². The average molecular weight is 159 g/mol. The first-order valence-electron chi connectivity index (χ1n) is 3.43. The van der Waals surface area contributed by atoms with E-state index in [1.54, 1.807) is 0 Å². The fourth-order valence-electron chi connectivity index (χ4n) is 0.849. The molecular formula is C6H14N3P. The SMILES string of the molecule is CC(C)P(N=[N+]=[N-])C(C)C. The first kappa shape index (κ1) is 9.74. The van der Waals surface area contributed by atoms with Crippen LogP contribution in [0.3, 0.4) is 0 Å². The van der Waals surface area contributed by atoms with Crippen LogP contribution in [0.25, 0.3) is 10.4 Å². The van der Waals surface area contributed by atoms with Crippen molar-refractivity contribution >= 4 is 8.07 Å². The number of hydrogen-bond donors (Lipinski definition) is 0. The number of azide groups is 1. The van der Waals surface area contributed by atoms with Crippen molar-refractivity contribution in [3.05, 3.63) is 10.4 Å². The Hall–Kier alpha value is -0.260. The van der Waals surface area contributed by atoms with Gasteiger partial charge in [-0.05, 0) is 24.9 Å². The minimum atomic E-state index is -0.470. The highest BCUT2D eigenvalue weighted by molar-refractivity contribution is 7.57. The van der Waals surface area contributed by atoms with E-state index in [4.69, 9.17) is 5.53 Å². The van der Waals surface area contributed by atoms with E-state index in [9.17, 15) is 0 Å². The Morgan fingerprint density at radius 2 is 1.60 bits per heavy atom. The summed E-state index contributed by atoms with van der Waals surface area (Å²) in [6, 6.07) is 0. The van der Waals surface area contributed by atoms with Crippen LogP contribution in [0.4, 0.5) is 0 Å². The van der Waals surface area contributed by atoms with Crippen LogP contribution >= 0.6 is 8.07 Å². The summed E-state index contributed by atoms with van der Waals surface area (Å²) in [6.07, 6.45) is 0. The molecule has 0 aromatic carbocycles. The van der Waals surface area contributed by atoms with Gasteiger partial charge < -0.3 is 0 Å². The molecule has 0 amide bonds. The first-order valence-corrected chi connectivity index (χ1v) is 4.86. The van der Waals surface area contributed by atoms with Gasteiger partial charge in [-0.3, -0.25) is 0 Å². The Balaban J connectivity index is 4.11. The Kier molecular flexibility index (Phi) is 4.42. The van der Waals surface area contributed by atoms with Crippen molar-refractivity contribution in [2.24, 2.45) is 4.88 Å². The zero-order valence-corrected chi connectivity index (χ0v) is 7.84. The van der Waals surface area contributed by atoms with Crippen LogP contribution in [0, 0.1) is 0 Å². The van der Waals surface area contributed by atoms with Crippen molar-refractivity contribution < 1.29 is 0 Å². The van der Waals surface area contributed by atoms with Gasteiger partial charge in [0.2, 0.25) is 0 Å². The molecule has 10 heavy (non-hydrogen) atoms. The largest absolute Gasteiger partial charge is 0.0720 e. The van der Waals surface area contributed by atoms with Gasteiger partial charge in [0.25, 0.3) is 0 Å². The molecule has 0 fully saturated rings. The standard InChI is InChI=1S/C6H14N3P/c1-5(2)10(6(3)4)9-8-7/h5-6H,1-4H3. The third-order valence-corrected chi connectivity index (χ3v) is 3.60. The molecule has 0 saturated carbocycles. The van der Waals surface area contributed by atoms with Gasteiger partial charge in [-0.2, -0.15) is 0 Å². The second-order valence-corrected chi connectivity index (χ2v) is 5.75. The van der Waals surface area contributed by atoms with E-state index in [2.05, 4.69) is 37.5 Å². The molecule has 0 aromatic rings. The molecule has 0 aliphatic heterocycles. The van der Waals surface area contributed by atoms with E-state index in [1.165, 1.54) is 0 Å². The summed E-state index contributed by atoms with van der Waals surface area (Å²) in [4.78, 5) is 6.60. The minimum absolute atomic E-state index is 0.470. The summed E-state index contributed by atoms with van der Waals surface area (Å²) >= 11 is 0. The van der Waals surface area contributed by atoms with Crippen LogP contribution in [0.15, 0.2) is 4.88 Å². The molecule has 0 aliphatic rings. The molecule has 0 rings (SSSR count). The number of hydrogen-bond acceptors (Lipinski definition) is 1. The van der Waals surface area contributed by atoms with E-state index in [0.29, 0.717) is 11.3 Å². The van der Waals surface area contributed by atoms with Gasteiger partial charge in [0.05, 0.1) is 0 Å². The Labute approximate surface area is 63.3 Å². The average Bonchev–Trinajstić information content (AvgIpc) is 1.81. The summed E-state index contributed by atoms with van der Waals surface area (Å²) in [5.41, 5.74) is 9.22. The van der Waals surface area contributed by atoms with Crippen LogP contribution in [-0.4, -0.2) is 11.3 Å². The normalized spacial score (nSPS) is 10.7. The predicted molar refractivity (Wildman–Crippen MR) is 46.3 cm³/mol. The molecule has 0 aliphatic carbocycles. The molecular weight excluding hydrogens is 145 g/mol. The van der Waals surface area contributed by atoms with Crippen LogP contribution in [0.5, 0.6) is 0 Å². The molecule has 4 heteroatoms. The Morgan fingerprint density at radius 1 is 1.20 bits per heavy atom. The second kappa shape index (κ2) is 4.54. The minimum Gasteiger partial charge on any atom is -0.0720 e. The highest BCUT2D eigenvalue weighted by Crippen LogP contribution is 2.47. The molecule has 58 valence electrons. The molecule has 0 atom stereocenters. The van der Waals surface area contributed by atoms with Crippen LogP contribution in [0.1, 0.15) is 27.7 Å². The lowest BCUT2D eigenvalue weighted by Gasteiger charge is -2.18. The maximum absolute atomic E-state index is 8.21. The molecule has 0 heterocycles. The fraction of sp³-hybridized carbons (Fsp3) is 1.00. The molecule has 0 aromatic heterocycles. The monoisotopic (exact) mass is 159 g/mol. The summed E-state index contributed by atoms with van der Waals surface area (Å²) in [6.45, 7) is 8.39. The van der Waals surface area contributed by atoms with Gasteiger partial charge in [0.15, 0.2) is 0 Å². The summed E-state index contributed by atoms with van der Waals surface area (Å²) < 4.78 is 0. The van der Waals surface area contributed by atoms with Gasteiger partial charge in [-0.15, -0.1) is 0 Å². The van der Waals surface area contributed by atoms with E-state index in [0.717, 1.165) is 0 Å². The zero-order valence-electron chi connectivity index (χ0n) is 6.94. The highest BCUT2D eigenvalue weighted by atomic mass is 31.1. The van der Waals surface area contributed by atoms with E-state index < -0.39 is 8.07 Å². The topological polar surface area (TPSA) is 48.8 Å². The van der Waals surface area contributed by atoms with Crippen molar-refractivity contribution in [2.75, 3.05) is 0 Å². The lowest BCUT2D eigenvalue weighted by molar-refractivity contribution is 1.00. The zero-order chi connectivity index (χ0) is 8.15. The first-order chi connectivity index (χ1) is 4.59. The predicted octanol–water partition coefficient (Wildman–Crippen LogP) is 3.51. The number of rotatable bonds is 3. The fourth-order valence-corrected chi connectivity index (χ4v) is 2.55. The van der Waals surface area contributed by atoms with E-state index >= 15 is 0 Å². The molecule has 3 nitrogen and oxygen atoms in total. The summed E-state index contributed by atoms with van der Waals surface area (Å²) in [5, 5.41) is 0. The lowest BCUT2D eigenvalue weighted by Crippen LogP contribution is -1.99. The molecule has 0 radical (unpaired) electrons. The van der Waals surface area contributed by atoms with Gasteiger partial charge in [0.1, 0.15) is 0 Å². The number of nitrogens with zero attached hydrogens (tertiary/aromatic N) is 3. The summed E-state index contributed by atoms with van der Waals surface area (Å²) in [7, 11) is -0.470. The molecule has 0 saturated heterocycles. The lowest BCUT2D eigenvalue weighted by atomic mass is 10.5. The van der Waals surface area contributed by atoms with E-state index in [-0.39, 0.29) is 0 Å². The van der Waals surface area contributed by atoms with Gasteiger partial charge >= 0.3 is 0 Å². The molecule has 0 bridgehead atoms. The van der Waals surface area contributed by atoms with Crippen molar-refractivity contribution in [1.29, 1.82) is 0 Å². The Morgan fingerprint density at radius 3 is 1.70 bits per heavy atom. The summed E-state index contributed by atoms with van der Waals surface area (Å²) in [5.74, 6) is 0.